The van der Waals surface area contributed by atoms with Gasteiger partial charge in [-0.2, -0.15) is 5.26 Å². The Kier molecular flexibility index (Phi) is 2.78. The molecule has 1 aromatic rings. The van der Waals surface area contributed by atoms with Crippen molar-refractivity contribution in [3.8, 4) is 17.9 Å². The van der Waals surface area contributed by atoms with Crippen molar-refractivity contribution in [2.24, 2.45) is 0 Å². The number of ketones is 1. The second-order valence-corrected chi connectivity index (χ2v) is 2.35. The van der Waals surface area contributed by atoms with E-state index in [0.29, 0.717) is 11.3 Å². The van der Waals surface area contributed by atoms with Crippen molar-refractivity contribution in [3.05, 3.63) is 29.6 Å². The number of rotatable bonds is 1. The first kappa shape index (κ1) is 8.96. The summed E-state index contributed by atoms with van der Waals surface area (Å²) in [5, 5.41) is 8.17. The van der Waals surface area contributed by atoms with E-state index in [1.807, 2.05) is 0 Å². The fraction of sp³-hybridized carbons (Fsp3) is 0.100. The van der Waals surface area contributed by atoms with E-state index in [9.17, 15) is 4.79 Å². The second kappa shape index (κ2) is 4.04. The summed E-state index contributed by atoms with van der Waals surface area (Å²) in [6, 6.07) is 4.95. The summed E-state index contributed by atoms with van der Waals surface area (Å²) in [5.41, 5.74) is 1.04. The Morgan fingerprint density at radius 3 is 2.77 bits per heavy atom. The van der Waals surface area contributed by atoms with Gasteiger partial charge >= 0.3 is 0 Å². The van der Waals surface area contributed by atoms with Crippen LogP contribution in [0, 0.1) is 23.2 Å². The number of aromatic nitrogens is 1. The molecule has 0 aromatic carbocycles. The highest BCUT2D eigenvalue weighted by Crippen LogP contribution is 1.99. The van der Waals surface area contributed by atoms with Crippen molar-refractivity contribution in [2.75, 3.05) is 0 Å². The van der Waals surface area contributed by atoms with Gasteiger partial charge in [-0.05, 0) is 18.1 Å². The summed E-state index contributed by atoms with van der Waals surface area (Å²) in [4.78, 5) is 14.7. The van der Waals surface area contributed by atoms with Gasteiger partial charge in [0.05, 0.1) is 0 Å². The SMILES string of the molecule is CC(=O)c1ccc(C#CC#N)cn1. The predicted molar refractivity (Wildman–Crippen MR) is 46.7 cm³/mol. The van der Waals surface area contributed by atoms with Crippen LogP contribution in [0.1, 0.15) is 23.0 Å². The summed E-state index contributed by atoms with van der Waals surface area (Å²) >= 11 is 0. The quantitative estimate of drug-likeness (QED) is 0.469. The average Bonchev–Trinajstić information content (AvgIpc) is 2.15. The lowest BCUT2D eigenvalue weighted by atomic mass is 10.2. The van der Waals surface area contributed by atoms with Crippen molar-refractivity contribution in [1.29, 1.82) is 5.26 Å². The van der Waals surface area contributed by atoms with Gasteiger partial charge in [-0.1, -0.05) is 0 Å². The van der Waals surface area contributed by atoms with Gasteiger partial charge in [0.25, 0.3) is 0 Å². The number of hydrogen-bond donors (Lipinski definition) is 0. The Morgan fingerprint density at radius 2 is 2.31 bits per heavy atom. The Balaban J connectivity index is 2.95. The molecule has 0 aliphatic carbocycles. The third-order valence-corrected chi connectivity index (χ3v) is 1.39. The molecule has 3 heteroatoms. The van der Waals surface area contributed by atoms with Crippen LogP contribution in [-0.2, 0) is 0 Å². The molecule has 0 aliphatic rings. The zero-order chi connectivity index (χ0) is 9.68. The highest BCUT2D eigenvalue weighted by molar-refractivity contribution is 5.92. The predicted octanol–water partition coefficient (Wildman–Crippen LogP) is 1.16. The third-order valence-electron chi connectivity index (χ3n) is 1.39. The number of Topliss-reactive ketones (excluding diaryl/α,β-unsaturated/α-hetero) is 1. The number of hydrogen-bond acceptors (Lipinski definition) is 3. The Bertz CT molecular complexity index is 415. The third kappa shape index (κ3) is 2.43. The molecule has 0 aliphatic heterocycles. The molecule has 0 bridgehead atoms. The van der Waals surface area contributed by atoms with E-state index in [-0.39, 0.29) is 5.78 Å². The van der Waals surface area contributed by atoms with Crippen LogP contribution >= 0.6 is 0 Å². The molecular weight excluding hydrogens is 164 g/mol. The molecule has 0 saturated carbocycles. The lowest BCUT2D eigenvalue weighted by Crippen LogP contribution is -1.95. The molecule has 0 unspecified atom stereocenters. The summed E-state index contributed by atoms with van der Waals surface area (Å²) in [6.07, 6.45) is 1.47. The van der Waals surface area contributed by atoms with Crippen LogP contribution in [0.2, 0.25) is 0 Å². The van der Waals surface area contributed by atoms with Crippen molar-refractivity contribution in [1.82, 2.24) is 4.98 Å². The fourth-order valence-corrected chi connectivity index (χ4v) is 0.776. The first-order chi connectivity index (χ1) is 6.24. The number of nitrogens with zero attached hydrogens (tertiary/aromatic N) is 2. The number of carbonyl (C=O) groups excluding carboxylic acids is 1. The lowest BCUT2D eigenvalue weighted by molar-refractivity contribution is 0.101. The largest absolute Gasteiger partial charge is 0.293 e. The van der Waals surface area contributed by atoms with Crippen molar-refractivity contribution in [2.45, 2.75) is 6.92 Å². The first-order valence-electron chi connectivity index (χ1n) is 3.61. The Labute approximate surface area is 76.0 Å². The zero-order valence-electron chi connectivity index (χ0n) is 7.03. The van der Waals surface area contributed by atoms with E-state index in [1.54, 1.807) is 18.2 Å². The monoisotopic (exact) mass is 170 g/mol. The lowest BCUT2D eigenvalue weighted by Gasteiger charge is -1.92. The van der Waals surface area contributed by atoms with Crippen LogP contribution in [0.3, 0.4) is 0 Å². The minimum atomic E-state index is -0.0835. The molecule has 0 amide bonds. The molecule has 62 valence electrons. The summed E-state index contributed by atoms with van der Waals surface area (Å²) < 4.78 is 0. The maximum atomic E-state index is 10.8. The summed E-state index contributed by atoms with van der Waals surface area (Å²) in [7, 11) is 0. The molecule has 1 heterocycles. The summed E-state index contributed by atoms with van der Waals surface area (Å²) in [5.74, 6) is 4.74. The molecule has 3 nitrogen and oxygen atoms in total. The normalized spacial score (nSPS) is 8.00. The maximum absolute atomic E-state index is 10.8. The van der Waals surface area contributed by atoms with Crippen LogP contribution in [0.15, 0.2) is 18.3 Å². The zero-order valence-corrected chi connectivity index (χ0v) is 7.03. The number of nitriles is 1. The van der Waals surface area contributed by atoms with Gasteiger partial charge in [0, 0.05) is 24.6 Å². The molecule has 0 fully saturated rings. The van der Waals surface area contributed by atoms with Crippen LogP contribution in [0.25, 0.3) is 0 Å². The van der Waals surface area contributed by atoms with Gasteiger partial charge in [-0.15, -0.1) is 0 Å². The van der Waals surface area contributed by atoms with E-state index < -0.39 is 0 Å². The molecule has 1 rings (SSSR count). The van der Waals surface area contributed by atoms with Gasteiger partial charge in [-0.3, -0.25) is 9.78 Å². The topological polar surface area (TPSA) is 53.8 Å². The second-order valence-electron chi connectivity index (χ2n) is 2.35. The molecule has 0 atom stereocenters. The molecular formula is C10H6N2O. The van der Waals surface area contributed by atoms with Crippen LogP contribution in [0.5, 0.6) is 0 Å². The van der Waals surface area contributed by atoms with E-state index in [0.717, 1.165) is 0 Å². The van der Waals surface area contributed by atoms with Crippen LogP contribution < -0.4 is 0 Å². The molecule has 13 heavy (non-hydrogen) atoms. The van der Waals surface area contributed by atoms with Gasteiger partial charge in [0.15, 0.2) is 11.9 Å². The standard InChI is InChI=1S/C10H6N2O/c1-8(13)10-5-4-9(7-12-10)3-2-6-11/h4-5,7H,1H3. The van der Waals surface area contributed by atoms with Crippen molar-refractivity contribution >= 4 is 5.78 Å². The van der Waals surface area contributed by atoms with Crippen molar-refractivity contribution in [3.63, 3.8) is 0 Å². The molecule has 0 N–H and O–H groups in total. The highest BCUT2D eigenvalue weighted by atomic mass is 16.1. The van der Waals surface area contributed by atoms with Gasteiger partial charge in [-0.25, -0.2) is 0 Å². The smallest absolute Gasteiger partial charge is 0.178 e. The van der Waals surface area contributed by atoms with Crippen LogP contribution in [0.4, 0.5) is 0 Å². The number of carbonyl (C=O) groups is 1. The molecule has 0 saturated heterocycles. The Morgan fingerprint density at radius 1 is 1.54 bits per heavy atom. The van der Waals surface area contributed by atoms with E-state index >= 15 is 0 Å². The molecule has 0 radical (unpaired) electrons. The van der Waals surface area contributed by atoms with E-state index in [2.05, 4.69) is 16.8 Å². The number of pyridine rings is 1. The van der Waals surface area contributed by atoms with Gasteiger partial charge < -0.3 is 0 Å². The minimum absolute atomic E-state index is 0.0835. The highest BCUT2D eigenvalue weighted by Gasteiger charge is 1.98. The Hall–Kier alpha value is -2.13. The minimum Gasteiger partial charge on any atom is -0.293 e. The molecule has 0 spiro atoms. The summed E-state index contributed by atoms with van der Waals surface area (Å²) in [6.45, 7) is 1.45. The van der Waals surface area contributed by atoms with E-state index in [4.69, 9.17) is 5.26 Å². The fourth-order valence-electron chi connectivity index (χ4n) is 0.776. The van der Waals surface area contributed by atoms with Crippen LogP contribution in [-0.4, -0.2) is 10.8 Å². The van der Waals surface area contributed by atoms with Gasteiger partial charge in [0.2, 0.25) is 0 Å². The molecule has 1 aromatic heterocycles. The van der Waals surface area contributed by atoms with E-state index in [1.165, 1.54) is 13.1 Å². The van der Waals surface area contributed by atoms with Crippen molar-refractivity contribution < 1.29 is 4.79 Å². The maximum Gasteiger partial charge on any atom is 0.178 e. The first-order valence-corrected chi connectivity index (χ1v) is 3.61. The average molecular weight is 170 g/mol. The van der Waals surface area contributed by atoms with Gasteiger partial charge in [0.1, 0.15) is 5.69 Å².